The Hall–Kier alpha value is -1.73. The molecule has 1 aromatic heterocycles. The van der Waals surface area contributed by atoms with Gasteiger partial charge in [0.2, 0.25) is 0 Å². The van der Waals surface area contributed by atoms with Crippen LogP contribution in [0.2, 0.25) is 0 Å². The standard InChI is InChI=1S/C15H21FN4O2/c16-12-3-4-14(17-10-12)18-15(21)20-5-1-2-13(20)11-19-6-8-22-9-7-19/h3-4,10,13H,1-2,5-9,11H2,(H,17,18,21). The van der Waals surface area contributed by atoms with Gasteiger partial charge in [0.05, 0.1) is 19.4 Å². The number of nitrogens with one attached hydrogen (secondary N) is 1. The summed E-state index contributed by atoms with van der Waals surface area (Å²) >= 11 is 0. The predicted octanol–water partition coefficient (Wildman–Crippen LogP) is 1.55. The van der Waals surface area contributed by atoms with E-state index in [0.29, 0.717) is 5.82 Å². The predicted molar refractivity (Wildman–Crippen MR) is 80.2 cm³/mol. The van der Waals surface area contributed by atoms with Crippen LogP contribution in [0.5, 0.6) is 0 Å². The highest BCUT2D eigenvalue weighted by atomic mass is 19.1. The molecule has 1 aromatic rings. The molecule has 0 bridgehead atoms. The van der Waals surface area contributed by atoms with Crippen LogP contribution in [0.15, 0.2) is 18.3 Å². The molecule has 1 N–H and O–H groups in total. The molecule has 22 heavy (non-hydrogen) atoms. The third kappa shape index (κ3) is 3.72. The zero-order valence-corrected chi connectivity index (χ0v) is 12.5. The minimum atomic E-state index is -0.413. The van der Waals surface area contributed by atoms with E-state index in [-0.39, 0.29) is 12.1 Å². The van der Waals surface area contributed by atoms with Gasteiger partial charge in [0.15, 0.2) is 0 Å². The molecule has 1 atom stereocenters. The van der Waals surface area contributed by atoms with Crippen LogP contribution in [0.4, 0.5) is 15.0 Å². The number of ether oxygens (including phenoxy) is 1. The molecule has 0 saturated carbocycles. The Morgan fingerprint density at radius 2 is 2.18 bits per heavy atom. The van der Waals surface area contributed by atoms with Gasteiger partial charge in [0.1, 0.15) is 11.6 Å². The number of nitrogens with zero attached hydrogens (tertiary/aromatic N) is 3. The summed E-state index contributed by atoms with van der Waals surface area (Å²) in [6, 6.07) is 2.83. The molecule has 7 heteroatoms. The van der Waals surface area contributed by atoms with E-state index in [1.807, 2.05) is 4.90 Å². The minimum absolute atomic E-state index is 0.158. The summed E-state index contributed by atoms with van der Waals surface area (Å²) in [5.74, 6) is -0.0345. The molecule has 2 amide bonds. The second-order valence-electron chi connectivity index (χ2n) is 5.69. The molecule has 2 aliphatic rings. The van der Waals surface area contributed by atoms with E-state index in [1.165, 1.54) is 12.1 Å². The first kappa shape index (κ1) is 15.2. The number of amides is 2. The monoisotopic (exact) mass is 308 g/mol. The molecule has 6 nitrogen and oxygen atoms in total. The fourth-order valence-electron chi connectivity index (χ4n) is 3.01. The number of anilines is 1. The van der Waals surface area contributed by atoms with Gasteiger partial charge in [-0.2, -0.15) is 0 Å². The Bertz CT molecular complexity index is 505. The summed E-state index contributed by atoms with van der Waals surface area (Å²) in [7, 11) is 0. The van der Waals surface area contributed by atoms with Gasteiger partial charge in [0, 0.05) is 32.2 Å². The molecule has 0 aromatic carbocycles. The Morgan fingerprint density at radius 3 is 2.91 bits per heavy atom. The number of hydrogen-bond acceptors (Lipinski definition) is 4. The van der Waals surface area contributed by atoms with Crippen LogP contribution in [0.3, 0.4) is 0 Å². The molecule has 3 heterocycles. The van der Waals surface area contributed by atoms with Crippen LogP contribution in [0.1, 0.15) is 12.8 Å². The van der Waals surface area contributed by atoms with Crippen molar-refractivity contribution >= 4 is 11.8 Å². The van der Waals surface area contributed by atoms with E-state index in [9.17, 15) is 9.18 Å². The zero-order valence-electron chi connectivity index (χ0n) is 12.5. The third-order valence-corrected chi connectivity index (χ3v) is 4.17. The molecular formula is C15H21FN4O2. The molecule has 2 fully saturated rings. The van der Waals surface area contributed by atoms with E-state index in [2.05, 4.69) is 15.2 Å². The Morgan fingerprint density at radius 1 is 1.36 bits per heavy atom. The number of carbonyl (C=O) groups is 1. The highest BCUT2D eigenvalue weighted by Gasteiger charge is 2.30. The van der Waals surface area contributed by atoms with E-state index in [1.54, 1.807) is 0 Å². The lowest BCUT2D eigenvalue weighted by atomic mass is 10.2. The zero-order chi connectivity index (χ0) is 15.4. The van der Waals surface area contributed by atoms with E-state index in [4.69, 9.17) is 4.74 Å². The van der Waals surface area contributed by atoms with E-state index >= 15 is 0 Å². The maximum absolute atomic E-state index is 12.8. The summed E-state index contributed by atoms with van der Waals surface area (Å²) in [6.07, 6.45) is 3.13. The number of halogens is 1. The summed E-state index contributed by atoms with van der Waals surface area (Å²) in [5.41, 5.74) is 0. The first-order valence-electron chi connectivity index (χ1n) is 7.71. The highest BCUT2D eigenvalue weighted by Crippen LogP contribution is 2.20. The van der Waals surface area contributed by atoms with Crippen LogP contribution in [-0.4, -0.2) is 66.2 Å². The Kier molecular flexibility index (Phi) is 4.84. The highest BCUT2D eigenvalue weighted by molar-refractivity contribution is 5.88. The van der Waals surface area contributed by atoms with Gasteiger partial charge in [-0.25, -0.2) is 14.2 Å². The Balaban J connectivity index is 1.57. The maximum atomic E-state index is 12.8. The molecule has 2 aliphatic heterocycles. The number of morpholine rings is 1. The first-order valence-corrected chi connectivity index (χ1v) is 7.71. The second kappa shape index (κ2) is 7.02. The molecule has 3 rings (SSSR count). The average molecular weight is 308 g/mol. The van der Waals surface area contributed by atoms with Gasteiger partial charge in [-0.3, -0.25) is 10.2 Å². The fraction of sp³-hybridized carbons (Fsp3) is 0.600. The smallest absolute Gasteiger partial charge is 0.323 e. The van der Waals surface area contributed by atoms with E-state index < -0.39 is 5.82 Å². The van der Waals surface area contributed by atoms with Gasteiger partial charge in [-0.15, -0.1) is 0 Å². The van der Waals surface area contributed by atoms with Crippen molar-refractivity contribution in [1.29, 1.82) is 0 Å². The van der Waals surface area contributed by atoms with Crippen LogP contribution in [0.25, 0.3) is 0 Å². The van der Waals surface area contributed by atoms with Gasteiger partial charge < -0.3 is 9.64 Å². The number of rotatable bonds is 3. The van der Waals surface area contributed by atoms with Crippen molar-refractivity contribution < 1.29 is 13.9 Å². The number of likely N-dealkylation sites (tertiary alicyclic amines) is 1. The lowest BCUT2D eigenvalue weighted by Crippen LogP contribution is -2.47. The van der Waals surface area contributed by atoms with Crippen molar-refractivity contribution in [3.05, 3.63) is 24.1 Å². The lowest BCUT2D eigenvalue weighted by molar-refractivity contribution is 0.0296. The molecule has 0 radical (unpaired) electrons. The molecule has 2 saturated heterocycles. The van der Waals surface area contributed by atoms with Crippen LogP contribution >= 0.6 is 0 Å². The molecule has 120 valence electrons. The summed E-state index contributed by atoms with van der Waals surface area (Å²) in [4.78, 5) is 20.5. The summed E-state index contributed by atoms with van der Waals surface area (Å²) in [6.45, 7) is 5.00. The van der Waals surface area contributed by atoms with Crippen molar-refractivity contribution in [2.75, 3.05) is 44.7 Å². The maximum Gasteiger partial charge on any atom is 0.323 e. The second-order valence-corrected chi connectivity index (χ2v) is 5.69. The number of pyridine rings is 1. The van der Waals surface area contributed by atoms with Crippen molar-refractivity contribution in [2.24, 2.45) is 0 Å². The van der Waals surface area contributed by atoms with Gasteiger partial charge in [0.25, 0.3) is 0 Å². The SMILES string of the molecule is O=C(Nc1ccc(F)cn1)N1CCCC1CN1CCOCC1. The van der Waals surface area contributed by atoms with Crippen molar-refractivity contribution in [3.63, 3.8) is 0 Å². The van der Waals surface area contributed by atoms with Crippen LogP contribution in [-0.2, 0) is 4.74 Å². The fourth-order valence-corrected chi connectivity index (χ4v) is 3.01. The average Bonchev–Trinajstić information content (AvgIpc) is 2.99. The van der Waals surface area contributed by atoms with E-state index in [0.717, 1.165) is 58.4 Å². The number of urea groups is 1. The quantitative estimate of drug-likeness (QED) is 0.920. The molecular weight excluding hydrogens is 287 g/mol. The van der Waals surface area contributed by atoms with Gasteiger partial charge in [-0.05, 0) is 25.0 Å². The summed E-state index contributed by atoms with van der Waals surface area (Å²) < 4.78 is 18.2. The largest absolute Gasteiger partial charge is 0.379 e. The molecule has 0 aliphatic carbocycles. The van der Waals surface area contributed by atoms with Crippen molar-refractivity contribution in [2.45, 2.75) is 18.9 Å². The number of aromatic nitrogens is 1. The third-order valence-electron chi connectivity index (χ3n) is 4.17. The normalized spacial score (nSPS) is 22.8. The number of hydrogen-bond donors (Lipinski definition) is 1. The first-order chi connectivity index (χ1) is 10.7. The van der Waals surface area contributed by atoms with Gasteiger partial charge >= 0.3 is 6.03 Å². The van der Waals surface area contributed by atoms with Gasteiger partial charge in [-0.1, -0.05) is 0 Å². The number of carbonyl (C=O) groups excluding carboxylic acids is 1. The minimum Gasteiger partial charge on any atom is -0.379 e. The molecule has 1 unspecified atom stereocenters. The van der Waals surface area contributed by atoms with Crippen molar-refractivity contribution in [1.82, 2.24) is 14.8 Å². The Labute approximate surface area is 129 Å². The van der Waals surface area contributed by atoms with Crippen molar-refractivity contribution in [3.8, 4) is 0 Å². The van der Waals surface area contributed by atoms with Crippen LogP contribution in [0, 0.1) is 5.82 Å². The lowest BCUT2D eigenvalue weighted by Gasteiger charge is -2.32. The topological polar surface area (TPSA) is 57.7 Å². The molecule has 0 spiro atoms. The summed E-state index contributed by atoms with van der Waals surface area (Å²) in [5, 5.41) is 2.74. The van der Waals surface area contributed by atoms with Crippen LogP contribution < -0.4 is 5.32 Å².